The van der Waals surface area contributed by atoms with Gasteiger partial charge in [0.2, 0.25) is 5.88 Å². The first kappa shape index (κ1) is 12.5. The minimum Gasteiger partial charge on any atom is -0.479 e. The van der Waals surface area contributed by atoms with Gasteiger partial charge in [0.25, 0.3) is 0 Å². The van der Waals surface area contributed by atoms with Gasteiger partial charge in [0, 0.05) is 19.8 Å². The van der Waals surface area contributed by atoms with E-state index in [-0.39, 0.29) is 0 Å². The van der Waals surface area contributed by atoms with E-state index in [0.29, 0.717) is 17.4 Å². The Morgan fingerprint density at radius 3 is 2.94 bits per heavy atom. The molecule has 0 aliphatic carbocycles. The largest absolute Gasteiger partial charge is 0.479 e. The minimum absolute atomic E-state index is 0.391. The number of anilines is 2. The van der Waals surface area contributed by atoms with Gasteiger partial charge in [-0.2, -0.15) is 4.98 Å². The zero-order chi connectivity index (χ0) is 11.8. The maximum Gasteiger partial charge on any atom is 0.242 e. The van der Waals surface area contributed by atoms with Crippen molar-refractivity contribution in [3.05, 3.63) is 6.33 Å². The van der Waals surface area contributed by atoms with Gasteiger partial charge in [0.1, 0.15) is 12.0 Å². The van der Waals surface area contributed by atoms with E-state index >= 15 is 0 Å². The highest BCUT2D eigenvalue weighted by molar-refractivity contribution is 5.66. The average molecular weight is 226 g/mol. The number of hydrogen-bond acceptors (Lipinski definition) is 6. The summed E-state index contributed by atoms with van der Waals surface area (Å²) in [6.45, 7) is 4.19. The van der Waals surface area contributed by atoms with Crippen LogP contribution in [0.3, 0.4) is 0 Å². The maximum atomic E-state index is 5.79. The lowest BCUT2D eigenvalue weighted by molar-refractivity contribution is 0.147. The topological polar surface area (TPSA) is 82.3 Å². The van der Waals surface area contributed by atoms with Gasteiger partial charge in [0.15, 0.2) is 5.82 Å². The molecule has 0 aliphatic rings. The number of nitrogens with zero attached hydrogens (tertiary/aromatic N) is 2. The molecule has 16 heavy (non-hydrogen) atoms. The van der Waals surface area contributed by atoms with Crippen molar-refractivity contribution < 1.29 is 9.47 Å². The van der Waals surface area contributed by atoms with Crippen LogP contribution in [0.2, 0.25) is 0 Å². The van der Waals surface area contributed by atoms with Crippen LogP contribution in [-0.2, 0) is 4.74 Å². The van der Waals surface area contributed by atoms with E-state index in [4.69, 9.17) is 15.2 Å². The number of methoxy groups -OCH3 is 1. The first-order valence-electron chi connectivity index (χ1n) is 5.25. The second-order valence-corrected chi connectivity index (χ2v) is 3.12. The molecule has 0 aromatic carbocycles. The Balaban J connectivity index is 2.41. The Kier molecular flexibility index (Phi) is 5.35. The van der Waals surface area contributed by atoms with Crippen LogP contribution in [0.1, 0.15) is 13.3 Å². The highest BCUT2D eigenvalue weighted by Crippen LogP contribution is 2.23. The summed E-state index contributed by atoms with van der Waals surface area (Å²) in [6.07, 6.45) is 2.32. The van der Waals surface area contributed by atoms with Crippen LogP contribution in [0.25, 0.3) is 0 Å². The Bertz CT molecular complexity index is 320. The predicted molar refractivity (Wildman–Crippen MR) is 62.6 cm³/mol. The molecule has 0 unspecified atom stereocenters. The predicted octanol–water partition coefficient (Wildman–Crippen LogP) is 0.906. The van der Waals surface area contributed by atoms with Crippen LogP contribution in [-0.4, -0.2) is 36.8 Å². The fourth-order valence-electron chi connectivity index (χ4n) is 1.21. The van der Waals surface area contributed by atoms with E-state index in [1.807, 2.05) is 6.92 Å². The quantitative estimate of drug-likeness (QED) is 0.672. The van der Waals surface area contributed by atoms with Crippen molar-refractivity contribution in [1.82, 2.24) is 9.97 Å². The van der Waals surface area contributed by atoms with Crippen molar-refractivity contribution in [3.8, 4) is 5.88 Å². The van der Waals surface area contributed by atoms with Gasteiger partial charge in [-0.3, -0.25) is 0 Å². The molecule has 0 amide bonds. The lowest BCUT2D eigenvalue weighted by Crippen LogP contribution is -2.10. The molecule has 6 nitrogen and oxygen atoms in total. The van der Waals surface area contributed by atoms with Crippen LogP contribution in [0.4, 0.5) is 11.5 Å². The molecule has 0 fully saturated rings. The molecule has 3 N–H and O–H groups in total. The molecule has 0 radical (unpaired) electrons. The van der Waals surface area contributed by atoms with Gasteiger partial charge in [-0.05, 0) is 13.3 Å². The summed E-state index contributed by atoms with van der Waals surface area (Å²) >= 11 is 0. The normalized spacial score (nSPS) is 10.1. The summed E-state index contributed by atoms with van der Waals surface area (Å²) in [5, 5.41) is 3.11. The van der Waals surface area contributed by atoms with Crippen molar-refractivity contribution in [2.45, 2.75) is 13.3 Å². The molecular formula is C10H18N4O2. The van der Waals surface area contributed by atoms with E-state index in [1.54, 1.807) is 0 Å². The van der Waals surface area contributed by atoms with Gasteiger partial charge in [0.05, 0.1) is 7.11 Å². The number of nitrogens with one attached hydrogen (secondary N) is 1. The van der Waals surface area contributed by atoms with E-state index in [9.17, 15) is 0 Å². The summed E-state index contributed by atoms with van der Waals surface area (Å²) in [5.41, 5.74) is 6.22. The molecule has 0 bridgehead atoms. The Morgan fingerprint density at radius 1 is 1.44 bits per heavy atom. The molecule has 1 aromatic heterocycles. The van der Waals surface area contributed by atoms with E-state index in [1.165, 1.54) is 13.4 Å². The molecule has 0 saturated heterocycles. The molecule has 6 heteroatoms. The van der Waals surface area contributed by atoms with Gasteiger partial charge in [-0.1, -0.05) is 0 Å². The zero-order valence-electron chi connectivity index (χ0n) is 9.69. The highest BCUT2D eigenvalue weighted by atomic mass is 16.5. The molecule has 0 aliphatic heterocycles. The summed E-state index contributed by atoms with van der Waals surface area (Å²) in [7, 11) is 1.53. The van der Waals surface area contributed by atoms with Gasteiger partial charge in [-0.25, -0.2) is 4.98 Å². The number of hydrogen-bond donors (Lipinski definition) is 2. The van der Waals surface area contributed by atoms with Crippen LogP contribution in [0.5, 0.6) is 5.88 Å². The minimum atomic E-state index is 0.391. The smallest absolute Gasteiger partial charge is 0.242 e. The van der Waals surface area contributed by atoms with Gasteiger partial charge < -0.3 is 20.5 Å². The van der Waals surface area contributed by atoms with Gasteiger partial charge in [-0.15, -0.1) is 0 Å². The lowest BCUT2D eigenvalue weighted by atomic mass is 10.4. The number of nitrogen functional groups attached to an aromatic ring is 1. The molecular weight excluding hydrogens is 208 g/mol. The number of nitrogens with two attached hydrogens (primary N) is 1. The highest BCUT2D eigenvalue weighted by Gasteiger charge is 2.06. The number of ether oxygens (including phenoxy) is 2. The molecule has 90 valence electrons. The molecule has 1 rings (SSSR count). The summed E-state index contributed by atoms with van der Waals surface area (Å²) < 4.78 is 10.2. The van der Waals surface area contributed by atoms with E-state index in [0.717, 1.165) is 26.2 Å². The number of aromatic nitrogens is 2. The van der Waals surface area contributed by atoms with Crippen molar-refractivity contribution in [3.63, 3.8) is 0 Å². The van der Waals surface area contributed by atoms with Crippen LogP contribution in [0.15, 0.2) is 6.33 Å². The van der Waals surface area contributed by atoms with Crippen molar-refractivity contribution in [2.24, 2.45) is 0 Å². The second-order valence-electron chi connectivity index (χ2n) is 3.12. The molecule has 1 aromatic rings. The molecule has 1 heterocycles. The number of rotatable bonds is 7. The van der Waals surface area contributed by atoms with Crippen LogP contribution >= 0.6 is 0 Å². The van der Waals surface area contributed by atoms with Crippen LogP contribution < -0.4 is 15.8 Å². The fraction of sp³-hybridized carbons (Fsp3) is 0.600. The third-order valence-corrected chi connectivity index (χ3v) is 2.00. The van der Waals surface area contributed by atoms with Gasteiger partial charge >= 0.3 is 0 Å². The van der Waals surface area contributed by atoms with Crippen LogP contribution in [0, 0.1) is 0 Å². The standard InChI is InChI=1S/C10H18N4O2/c1-3-16-6-4-5-12-9-8(11)10(15-2)14-7-13-9/h7H,3-6,11H2,1-2H3,(H,12,13,14). The monoisotopic (exact) mass is 226 g/mol. The molecule has 0 spiro atoms. The maximum absolute atomic E-state index is 5.79. The Morgan fingerprint density at radius 2 is 2.25 bits per heavy atom. The lowest BCUT2D eigenvalue weighted by Gasteiger charge is -2.09. The third kappa shape index (κ3) is 3.54. The average Bonchev–Trinajstić information content (AvgIpc) is 2.31. The van der Waals surface area contributed by atoms with E-state index in [2.05, 4.69) is 15.3 Å². The Hall–Kier alpha value is -1.56. The van der Waals surface area contributed by atoms with E-state index < -0.39 is 0 Å². The summed E-state index contributed by atoms with van der Waals surface area (Å²) in [6, 6.07) is 0. The second kappa shape index (κ2) is 6.84. The summed E-state index contributed by atoms with van der Waals surface area (Å²) in [5.74, 6) is 0.991. The third-order valence-electron chi connectivity index (χ3n) is 2.00. The molecule has 0 atom stereocenters. The fourth-order valence-corrected chi connectivity index (χ4v) is 1.21. The Labute approximate surface area is 95.2 Å². The first-order chi connectivity index (χ1) is 7.79. The van der Waals surface area contributed by atoms with Crippen molar-refractivity contribution in [1.29, 1.82) is 0 Å². The zero-order valence-corrected chi connectivity index (χ0v) is 9.69. The van der Waals surface area contributed by atoms with Crippen molar-refractivity contribution in [2.75, 3.05) is 37.9 Å². The van der Waals surface area contributed by atoms with Crippen molar-refractivity contribution >= 4 is 11.5 Å². The SMILES string of the molecule is CCOCCCNc1ncnc(OC)c1N. The molecule has 0 saturated carbocycles. The summed E-state index contributed by atoms with van der Waals surface area (Å²) in [4.78, 5) is 7.93. The first-order valence-corrected chi connectivity index (χ1v) is 5.25.